The van der Waals surface area contributed by atoms with E-state index in [1.807, 2.05) is 85.7 Å². The van der Waals surface area contributed by atoms with Crippen LogP contribution >= 0.6 is 0 Å². The number of ether oxygens (including phenoxy) is 1. The molecule has 0 spiro atoms. The number of nitrogens with one attached hydrogen (secondary N) is 4. The molecule has 13 heteroatoms. The maximum Gasteiger partial charge on any atom is 0.324 e. The first-order chi connectivity index (χ1) is 26.0. The number of likely N-dealkylation sites (N-methyl/N-ethyl adjacent to an activating group) is 1. The summed E-state index contributed by atoms with van der Waals surface area (Å²) in [5.74, 6) is 1.96. The number of pyridine rings is 1. The molecule has 0 aliphatic carbocycles. The zero-order chi connectivity index (χ0) is 38.2. The molecule has 6 rings (SSSR count). The Hall–Kier alpha value is -6.34. The maximum atomic E-state index is 13.5. The Morgan fingerprint density at radius 2 is 1.61 bits per heavy atom. The zero-order valence-electron chi connectivity index (χ0n) is 31.5. The lowest BCUT2D eigenvalue weighted by Crippen LogP contribution is -2.31. The van der Waals surface area contributed by atoms with E-state index in [9.17, 15) is 9.59 Å². The summed E-state index contributed by atoms with van der Waals surface area (Å²) in [6.07, 6.45) is 5.55. The summed E-state index contributed by atoms with van der Waals surface area (Å²) in [6.45, 7) is 9.91. The number of anilines is 4. The smallest absolute Gasteiger partial charge is 0.324 e. The molecule has 0 fully saturated rings. The fourth-order valence-corrected chi connectivity index (χ4v) is 5.60. The number of aryl methyl sites for hydroxylation is 1. The van der Waals surface area contributed by atoms with E-state index < -0.39 is 0 Å². The summed E-state index contributed by atoms with van der Waals surface area (Å²) in [7, 11) is 3.88. The van der Waals surface area contributed by atoms with Crippen molar-refractivity contribution in [2.75, 3.05) is 43.1 Å². The molecule has 13 nitrogen and oxygen atoms in total. The molecule has 3 heterocycles. The van der Waals surface area contributed by atoms with Gasteiger partial charge in [-0.3, -0.25) is 10.1 Å². The molecule has 0 unspecified atom stereocenters. The number of benzene rings is 3. The molecule has 3 aromatic carbocycles. The number of hydrogen-bond donors (Lipinski definition) is 4. The van der Waals surface area contributed by atoms with Crippen molar-refractivity contribution < 1.29 is 14.3 Å². The number of nitrogens with zero attached hydrogens (tertiary/aromatic N) is 6. The molecule has 278 valence electrons. The van der Waals surface area contributed by atoms with Crippen molar-refractivity contribution in [1.29, 1.82) is 0 Å². The topological polar surface area (TPSA) is 151 Å². The summed E-state index contributed by atoms with van der Waals surface area (Å²) < 4.78 is 8.07. The number of fused-ring (bicyclic) bond motifs is 1. The Bertz CT molecular complexity index is 2230. The number of aromatic nitrogens is 5. The Kier molecular flexibility index (Phi) is 11.5. The van der Waals surface area contributed by atoms with E-state index in [0.717, 1.165) is 40.7 Å². The number of carbonyl (C=O) groups excluding carboxylic acids is 2. The van der Waals surface area contributed by atoms with E-state index in [2.05, 4.69) is 76.0 Å². The molecule has 0 radical (unpaired) electrons. The van der Waals surface area contributed by atoms with Crippen LogP contribution < -0.4 is 26.0 Å². The van der Waals surface area contributed by atoms with Gasteiger partial charge in [0.25, 0.3) is 5.91 Å². The third kappa shape index (κ3) is 9.36. The first-order valence-corrected chi connectivity index (χ1v) is 17.9. The highest BCUT2D eigenvalue weighted by atomic mass is 16.5. The molecule has 0 saturated heterocycles. The SMILES string of the molecule is CCc1ccc(-n2nc(C(C)(C)C)cc2NC(=O)Nc2ccc(OCc3ccnc(Nc4cnc(C(=O)NCCN(C)C)cn4)c3)c3ccccc23)cc1. The van der Waals surface area contributed by atoms with Crippen molar-refractivity contribution in [3.63, 3.8) is 0 Å². The lowest BCUT2D eigenvalue weighted by Gasteiger charge is -2.15. The van der Waals surface area contributed by atoms with Gasteiger partial charge in [-0.2, -0.15) is 5.10 Å². The van der Waals surface area contributed by atoms with Crippen molar-refractivity contribution in [1.82, 2.24) is 34.9 Å². The van der Waals surface area contributed by atoms with Crippen molar-refractivity contribution in [3.8, 4) is 11.4 Å². The summed E-state index contributed by atoms with van der Waals surface area (Å²) in [5.41, 5.74) is 4.48. The predicted molar refractivity (Wildman–Crippen MR) is 213 cm³/mol. The third-order valence-electron chi connectivity index (χ3n) is 8.64. The van der Waals surface area contributed by atoms with Crippen LogP contribution in [0.1, 0.15) is 55.0 Å². The third-order valence-corrected chi connectivity index (χ3v) is 8.64. The highest BCUT2D eigenvalue weighted by molar-refractivity contribution is 6.07. The van der Waals surface area contributed by atoms with Crippen LogP contribution in [0.5, 0.6) is 5.75 Å². The fraction of sp³-hybridized carbons (Fsp3) is 0.268. The minimum absolute atomic E-state index is 0.213. The standard InChI is InChI=1S/C41H46N10O3/c1-7-27-12-14-29(15-13-27)51-38(23-35(49-51)41(2,3)4)48-40(53)46-32-16-17-34(31-11-9-8-10-30(31)32)54-26-28-18-19-42-36(22-28)47-37-25-44-33(24-45-37)39(52)43-20-21-50(5)6/h8-19,22-25H,7,20-21,26H2,1-6H3,(H,43,52)(H,42,45,47)(H2,46,48,53). The van der Waals surface area contributed by atoms with E-state index in [1.54, 1.807) is 10.9 Å². The molecule has 6 aromatic rings. The number of carbonyl (C=O) groups is 2. The Morgan fingerprint density at radius 3 is 2.31 bits per heavy atom. The van der Waals surface area contributed by atoms with Crippen molar-refractivity contribution in [2.24, 2.45) is 0 Å². The second kappa shape index (κ2) is 16.6. The minimum Gasteiger partial charge on any atom is -0.488 e. The first kappa shape index (κ1) is 37.4. The van der Waals surface area contributed by atoms with Gasteiger partial charge in [0.15, 0.2) is 0 Å². The van der Waals surface area contributed by atoms with Gasteiger partial charge in [-0.05, 0) is 68.0 Å². The number of rotatable bonds is 13. The molecule has 0 aliphatic rings. The van der Waals surface area contributed by atoms with E-state index in [4.69, 9.17) is 9.84 Å². The second-order valence-corrected chi connectivity index (χ2v) is 14.1. The van der Waals surface area contributed by atoms with Crippen LogP contribution in [0.15, 0.2) is 97.5 Å². The van der Waals surface area contributed by atoms with Gasteiger partial charge < -0.3 is 25.6 Å². The van der Waals surface area contributed by atoms with Crippen LogP contribution in [-0.2, 0) is 18.4 Å². The molecule has 54 heavy (non-hydrogen) atoms. The van der Waals surface area contributed by atoms with Gasteiger partial charge in [-0.25, -0.2) is 24.4 Å². The lowest BCUT2D eigenvalue weighted by atomic mass is 9.92. The van der Waals surface area contributed by atoms with Crippen LogP contribution in [-0.4, -0.2) is 68.8 Å². The molecule has 3 aromatic heterocycles. The number of urea groups is 1. The lowest BCUT2D eigenvalue weighted by molar-refractivity contribution is 0.0945. The van der Waals surface area contributed by atoms with Gasteiger partial charge in [0.2, 0.25) is 0 Å². The van der Waals surface area contributed by atoms with Crippen LogP contribution in [0.25, 0.3) is 16.5 Å². The molecule has 0 saturated carbocycles. The van der Waals surface area contributed by atoms with Crippen LogP contribution in [0, 0.1) is 0 Å². The quantitative estimate of drug-likeness (QED) is 0.0959. The van der Waals surface area contributed by atoms with Crippen LogP contribution in [0.4, 0.5) is 27.9 Å². The monoisotopic (exact) mass is 726 g/mol. The number of hydrogen-bond acceptors (Lipinski definition) is 9. The molecule has 0 aliphatic heterocycles. The van der Waals surface area contributed by atoms with Crippen molar-refractivity contribution in [3.05, 3.63) is 120 Å². The number of amides is 3. The van der Waals surface area contributed by atoms with Crippen LogP contribution in [0.2, 0.25) is 0 Å². The summed E-state index contributed by atoms with van der Waals surface area (Å²) in [5, 5.41) is 18.5. The average Bonchev–Trinajstić information content (AvgIpc) is 3.59. The van der Waals surface area contributed by atoms with Gasteiger partial charge in [0.05, 0.1) is 29.5 Å². The second-order valence-electron chi connectivity index (χ2n) is 14.1. The molecule has 0 atom stereocenters. The molecule has 3 amide bonds. The van der Waals surface area contributed by atoms with Gasteiger partial charge in [0.1, 0.15) is 35.5 Å². The Morgan fingerprint density at radius 1 is 0.833 bits per heavy atom. The van der Waals surface area contributed by atoms with E-state index in [-0.39, 0.29) is 29.7 Å². The Labute approximate surface area is 315 Å². The van der Waals surface area contributed by atoms with Crippen LogP contribution in [0.3, 0.4) is 0 Å². The molecule has 4 N–H and O–H groups in total. The maximum absolute atomic E-state index is 13.5. The average molecular weight is 727 g/mol. The normalized spacial score (nSPS) is 11.4. The van der Waals surface area contributed by atoms with Crippen molar-refractivity contribution in [2.45, 2.75) is 46.1 Å². The van der Waals surface area contributed by atoms with Gasteiger partial charge in [-0.15, -0.1) is 0 Å². The molecule has 0 bridgehead atoms. The summed E-state index contributed by atoms with van der Waals surface area (Å²) >= 11 is 0. The van der Waals surface area contributed by atoms with E-state index in [0.29, 0.717) is 35.4 Å². The first-order valence-electron chi connectivity index (χ1n) is 17.9. The fourth-order valence-electron chi connectivity index (χ4n) is 5.60. The highest BCUT2D eigenvalue weighted by Gasteiger charge is 2.22. The van der Waals surface area contributed by atoms with Gasteiger partial charge >= 0.3 is 6.03 Å². The highest BCUT2D eigenvalue weighted by Crippen LogP contribution is 2.33. The van der Waals surface area contributed by atoms with E-state index >= 15 is 0 Å². The Balaban J connectivity index is 1.12. The van der Waals surface area contributed by atoms with Gasteiger partial charge in [-0.1, -0.05) is 64.1 Å². The minimum atomic E-state index is -0.389. The summed E-state index contributed by atoms with van der Waals surface area (Å²) in [4.78, 5) is 40.8. The largest absolute Gasteiger partial charge is 0.488 e. The van der Waals surface area contributed by atoms with E-state index in [1.165, 1.54) is 18.0 Å². The predicted octanol–water partition coefficient (Wildman–Crippen LogP) is 7.33. The summed E-state index contributed by atoms with van der Waals surface area (Å²) in [6, 6.07) is 24.9. The molecular weight excluding hydrogens is 681 g/mol. The molecular formula is C41H46N10O3. The zero-order valence-corrected chi connectivity index (χ0v) is 31.5. The van der Waals surface area contributed by atoms with Crippen molar-refractivity contribution >= 4 is 45.9 Å². The van der Waals surface area contributed by atoms with Gasteiger partial charge in [0, 0.05) is 41.5 Å².